The van der Waals surface area contributed by atoms with Gasteiger partial charge in [-0.15, -0.1) is 0 Å². The third kappa shape index (κ3) is 3.06. The number of rotatable bonds is 4. The van der Waals surface area contributed by atoms with Crippen LogP contribution in [0.4, 0.5) is 0 Å². The number of benzene rings is 3. The summed E-state index contributed by atoms with van der Waals surface area (Å²) in [7, 11) is 0. The van der Waals surface area contributed by atoms with Crippen molar-refractivity contribution in [2.24, 2.45) is 5.73 Å². The third-order valence-electron chi connectivity index (χ3n) is 3.73. The minimum atomic E-state index is -0.141. The minimum Gasteiger partial charge on any atom is -0.489 e. The molecule has 2 N–H and O–H groups in total. The van der Waals surface area contributed by atoms with Crippen LogP contribution in [0.25, 0.3) is 10.8 Å². The SMILES string of the molecule is CC(Oc1ccc2ccccc2c1)C(N)c1ccccc1. The van der Waals surface area contributed by atoms with Crippen molar-refractivity contribution in [2.45, 2.75) is 19.1 Å². The number of hydrogen-bond donors (Lipinski definition) is 1. The molecular weight excluding hydrogens is 258 g/mol. The molecule has 0 aromatic heterocycles. The van der Waals surface area contributed by atoms with Crippen LogP contribution in [0.2, 0.25) is 0 Å². The van der Waals surface area contributed by atoms with E-state index in [-0.39, 0.29) is 12.1 Å². The van der Waals surface area contributed by atoms with E-state index in [1.165, 1.54) is 10.8 Å². The maximum Gasteiger partial charge on any atom is 0.120 e. The van der Waals surface area contributed by atoms with Crippen LogP contribution in [-0.4, -0.2) is 6.10 Å². The third-order valence-corrected chi connectivity index (χ3v) is 3.73. The van der Waals surface area contributed by atoms with E-state index in [0.717, 1.165) is 11.3 Å². The number of ether oxygens (including phenoxy) is 1. The van der Waals surface area contributed by atoms with Gasteiger partial charge < -0.3 is 10.5 Å². The summed E-state index contributed by atoms with van der Waals surface area (Å²) in [6, 6.07) is 24.3. The Labute approximate surface area is 125 Å². The molecule has 0 amide bonds. The first-order valence-corrected chi connectivity index (χ1v) is 7.20. The van der Waals surface area contributed by atoms with Gasteiger partial charge in [0.05, 0.1) is 6.04 Å². The largest absolute Gasteiger partial charge is 0.489 e. The van der Waals surface area contributed by atoms with Crippen molar-refractivity contribution >= 4 is 10.8 Å². The van der Waals surface area contributed by atoms with E-state index in [0.29, 0.717) is 0 Å². The van der Waals surface area contributed by atoms with E-state index in [4.69, 9.17) is 10.5 Å². The van der Waals surface area contributed by atoms with E-state index in [9.17, 15) is 0 Å². The molecule has 0 aliphatic heterocycles. The molecule has 106 valence electrons. The van der Waals surface area contributed by atoms with Crippen molar-refractivity contribution < 1.29 is 4.74 Å². The maximum absolute atomic E-state index is 6.27. The summed E-state index contributed by atoms with van der Waals surface area (Å²) in [6.45, 7) is 2.01. The Morgan fingerprint density at radius 2 is 1.48 bits per heavy atom. The van der Waals surface area contributed by atoms with Gasteiger partial charge in [0.25, 0.3) is 0 Å². The highest BCUT2D eigenvalue weighted by Crippen LogP contribution is 2.24. The molecule has 0 heterocycles. The highest BCUT2D eigenvalue weighted by molar-refractivity contribution is 5.83. The van der Waals surface area contributed by atoms with Gasteiger partial charge in [0.1, 0.15) is 11.9 Å². The molecule has 0 aliphatic rings. The average Bonchev–Trinajstić information content (AvgIpc) is 2.55. The molecule has 3 aromatic rings. The van der Waals surface area contributed by atoms with Crippen LogP contribution in [0, 0.1) is 0 Å². The first-order chi connectivity index (χ1) is 10.2. The molecule has 2 atom stereocenters. The fourth-order valence-electron chi connectivity index (χ4n) is 2.47. The van der Waals surface area contributed by atoms with Gasteiger partial charge in [-0.25, -0.2) is 0 Å². The molecule has 0 saturated carbocycles. The molecule has 0 fully saturated rings. The second kappa shape index (κ2) is 5.98. The van der Waals surface area contributed by atoms with Crippen molar-refractivity contribution in [1.29, 1.82) is 0 Å². The summed E-state index contributed by atoms with van der Waals surface area (Å²) < 4.78 is 6.01. The van der Waals surface area contributed by atoms with Crippen molar-refractivity contribution in [3.05, 3.63) is 78.4 Å². The minimum absolute atomic E-state index is 0.0893. The van der Waals surface area contributed by atoms with Gasteiger partial charge in [0.2, 0.25) is 0 Å². The first-order valence-electron chi connectivity index (χ1n) is 7.20. The Balaban J connectivity index is 1.78. The summed E-state index contributed by atoms with van der Waals surface area (Å²) in [4.78, 5) is 0. The van der Waals surface area contributed by atoms with Gasteiger partial charge in [0, 0.05) is 0 Å². The molecule has 0 aliphatic carbocycles. The monoisotopic (exact) mass is 277 g/mol. The fourth-order valence-corrected chi connectivity index (χ4v) is 2.47. The van der Waals surface area contributed by atoms with Crippen LogP contribution in [-0.2, 0) is 0 Å². The van der Waals surface area contributed by atoms with Crippen LogP contribution in [0.1, 0.15) is 18.5 Å². The van der Waals surface area contributed by atoms with Gasteiger partial charge in [-0.2, -0.15) is 0 Å². The summed E-state index contributed by atoms with van der Waals surface area (Å²) >= 11 is 0. The number of nitrogens with two attached hydrogens (primary N) is 1. The van der Waals surface area contributed by atoms with Crippen LogP contribution >= 0.6 is 0 Å². The van der Waals surface area contributed by atoms with Crippen LogP contribution in [0.15, 0.2) is 72.8 Å². The van der Waals surface area contributed by atoms with E-state index < -0.39 is 0 Å². The van der Waals surface area contributed by atoms with Crippen LogP contribution in [0.5, 0.6) is 5.75 Å². The fraction of sp³-hybridized carbons (Fsp3) is 0.158. The molecule has 2 heteroatoms. The lowest BCUT2D eigenvalue weighted by molar-refractivity contribution is 0.191. The lowest BCUT2D eigenvalue weighted by Gasteiger charge is -2.22. The topological polar surface area (TPSA) is 35.2 Å². The summed E-state index contributed by atoms with van der Waals surface area (Å²) in [6.07, 6.45) is -0.0893. The zero-order chi connectivity index (χ0) is 14.7. The standard InChI is InChI=1S/C19H19NO/c1-14(19(20)16-8-3-2-4-9-16)21-18-12-11-15-7-5-6-10-17(15)13-18/h2-14,19H,20H2,1H3. The van der Waals surface area contributed by atoms with Crippen LogP contribution < -0.4 is 10.5 Å². The maximum atomic E-state index is 6.27. The molecule has 0 saturated heterocycles. The van der Waals surface area contributed by atoms with E-state index in [2.05, 4.69) is 24.3 Å². The zero-order valence-corrected chi connectivity index (χ0v) is 12.1. The Bertz CT molecular complexity index is 724. The van der Waals surface area contributed by atoms with Crippen molar-refractivity contribution in [3.63, 3.8) is 0 Å². The lowest BCUT2D eigenvalue weighted by atomic mass is 10.0. The van der Waals surface area contributed by atoms with Gasteiger partial charge in [-0.1, -0.05) is 60.7 Å². The predicted octanol–water partition coefficient (Wildman–Crippen LogP) is 4.31. The normalized spacial score (nSPS) is 13.8. The Kier molecular flexibility index (Phi) is 3.89. The van der Waals surface area contributed by atoms with Crippen molar-refractivity contribution in [2.75, 3.05) is 0 Å². The van der Waals surface area contributed by atoms with Gasteiger partial charge >= 0.3 is 0 Å². The first kappa shape index (κ1) is 13.7. The second-order valence-electron chi connectivity index (χ2n) is 5.27. The number of hydrogen-bond acceptors (Lipinski definition) is 2. The highest BCUT2D eigenvalue weighted by Gasteiger charge is 2.16. The Hall–Kier alpha value is -2.32. The predicted molar refractivity (Wildman–Crippen MR) is 87.4 cm³/mol. The Morgan fingerprint density at radius 1 is 0.810 bits per heavy atom. The molecular formula is C19H19NO. The second-order valence-corrected chi connectivity index (χ2v) is 5.27. The molecule has 0 bridgehead atoms. The highest BCUT2D eigenvalue weighted by atomic mass is 16.5. The van der Waals surface area contributed by atoms with Crippen molar-refractivity contribution in [3.8, 4) is 5.75 Å². The average molecular weight is 277 g/mol. The molecule has 3 aromatic carbocycles. The summed E-state index contributed by atoms with van der Waals surface area (Å²) in [5, 5.41) is 2.39. The molecule has 3 rings (SSSR count). The molecule has 2 nitrogen and oxygen atoms in total. The van der Waals surface area contributed by atoms with Gasteiger partial charge in [-0.3, -0.25) is 0 Å². The van der Waals surface area contributed by atoms with Gasteiger partial charge in [-0.05, 0) is 35.4 Å². The molecule has 2 unspecified atom stereocenters. The van der Waals surface area contributed by atoms with Gasteiger partial charge in [0.15, 0.2) is 0 Å². The van der Waals surface area contributed by atoms with E-state index in [1.807, 2.05) is 55.5 Å². The number of fused-ring (bicyclic) bond motifs is 1. The Morgan fingerprint density at radius 3 is 2.24 bits per heavy atom. The smallest absolute Gasteiger partial charge is 0.120 e. The van der Waals surface area contributed by atoms with Crippen LogP contribution in [0.3, 0.4) is 0 Å². The summed E-state index contributed by atoms with van der Waals surface area (Å²) in [5.74, 6) is 0.854. The quantitative estimate of drug-likeness (QED) is 0.771. The van der Waals surface area contributed by atoms with E-state index >= 15 is 0 Å². The van der Waals surface area contributed by atoms with Crippen molar-refractivity contribution in [1.82, 2.24) is 0 Å². The summed E-state index contributed by atoms with van der Waals surface area (Å²) in [5.41, 5.74) is 7.36. The lowest BCUT2D eigenvalue weighted by Crippen LogP contribution is -2.28. The zero-order valence-electron chi connectivity index (χ0n) is 12.1. The molecule has 0 spiro atoms. The molecule has 0 radical (unpaired) electrons. The molecule has 21 heavy (non-hydrogen) atoms. The van der Waals surface area contributed by atoms with E-state index in [1.54, 1.807) is 0 Å².